The van der Waals surface area contributed by atoms with E-state index in [1.54, 1.807) is 18.2 Å². The van der Waals surface area contributed by atoms with Gasteiger partial charge in [0.15, 0.2) is 0 Å². The van der Waals surface area contributed by atoms with E-state index in [0.717, 1.165) is 8.95 Å². The zero-order chi connectivity index (χ0) is 18.4. The number of rotatable bonds is 5. The fourth-order valence-electron chi connectivity index (χ4n) is 2.03. The van der Waals surface area contributed by atoms with Crippen molar-refractivity contribution < 1.29 is 9.53 Å². The minimum Gasteiger partial charge on any atom is -0.490 e. The van der Waals surface area contributed by atoms with Gasteiger partial charge >= 0.3 is 0 Å². The second kappa shape index (κ2) is 8.84. The fraction of sp³-hybridized carbons (Fsp3) is 0.158. The molecular weight excluding hydrogens is 448 g/mol. The van der Waals surface area contributed by atoms with Crippen LogP contribution in [0.4, 0.5) is 5.69 Å². The van der Waals surface area contributed by atoms with E-state index >= 15 is 0 Å². The van der Waals surface area contributed by atoms with Crippen molar-refractivity contribution in [3.63, 3.8) is 0 Å². The summed E-state index contributed by atoms with van der Waals surface area (Å²) in [6, 6.07) is 14.5. The van der Waals surface area contributed by atoms with Gasteiger partial charge in [-0.05, 0) is 62.4 Å². The van der Waals surface area contributed by atoms with E-state index in [-0.39, 0.29) is 11.7 Å². The SMILES string of the molecule is CC(C)Oc1ccc(Br)cc1/C=C(\C#N)C(=O)Nc1ccc(Br)cc1. The van der Waals surface area contributed by atoms with Crippen LogP contribution in [-0.2, 0) is 4.79 Å². The highest BCUT2D eigenvalue weighted by Gasteiger charge is 2.12. The van der Waals surface area contributed by atoms with Crippen molar-refractivity contribution in [2.75, 3.05) is 5.32 Å². The van der Waals surface area contributed by atoms with Gasteiger partial charge in [0.25, 0.3) is 5.91 Å². The van der Waals surface area contributed by atoms with Gasteiger partial charge in [-0.3, -0.25) is 4.79 Å². The van der Waals surface area contributed by atoms with Crippen LogP contribution in [0.3, 0.4) is 0 Å². The van der Waals surface area contributed by atoms with Crippen LogP contribution < -0.4 is 10.1 Å². The maximum atomic E-state index is 12.4. The van der Waals surface area contributed by atoms with Crippen molar-refractivity contribution in [3.8, 4) is 11.8 Å². The lowest BCUT2D eigenvalue weighted by atomic mass is 10.1. The smallest absolute Gasteiger partial charge is 0.266 e. The largest absolute Gasteiger partial charge is 0.490 e. The summed E-state index contributed by atoms with van der Waals surface area (Å²) in [4.78, 5) is 12.4. The summed E-state index contributed by atoms with van der Waals surface area (Å²) in [5.74, 6) is 0.141. The number of benzene rings is 2. The van der Waals surface area contributed by atoms with Crippen molar-refractivity contribution in [2.24, 2.45) is 0 Å². The Morgan fingerprint density at radius 3 is 2.40 bits per heavy atom. The molecule has 1 N–H and O–H groups in total. The number of carbonyl (C=O) groups excluding carboxylic acids is 1. The first kappa shape index (κ1) is 19.2. The van der Waals surface area contributed by atoms with E-state index in [0.29, 0.717) is 17.0 Å². The summed E-state index contributed by atoms with van der Waals surface area (Å²) in [6.07, 6.45) is 1.51. The van der Waals surface area contributed by atoms with Crippen LogP contribution in [0.15, 0.2) is 57.0 Å². The molecule has 0 aliphatic heterocycles. The van der Waals surface area contributed by atoms with Crippen molar-refractivity contribution in [3.05, 3.63) is 62.5 Å². The lowest BCUT2D eigenvalue weighted by molar-refractivity contribution is -0.112. The normalized spacial score (nSPS) is 11.1. The standard InChI is InChI=1S/C19H16Br2N2O2/c1-12(2)25-18-8-5-16(21)10-13(18)9-14(11-22)19(24)23-17-6-3-15(20)4-7-17/h3-10,12H,1-2H3,(H,23,24)/b14-9+. The summed E-state index contributed by atoms with van der Waals surface area (Å²) in [7, 11) is 0. The molecule has 128 valence electrons. The number of nitrogens with zero attached hydrogens (tertiary/aromatic N) is 1. The topological polar surface area (TPSA) is 62.1 Å². The Labute approximate surface area is 163 Å². The van der Waals surface area contributed by atoms with Gasteiger partial charge in [-0.25, -0.2) is 0 Å². The summed E-state index contributed by atoms with van der Waals surface area (Å²) >= 11 is 6.74. The number of halogens is 2. The van der Waals surface area contributed by atoms with Crippen LogP contribution >= 0.6 is 31.9 Å². The lowest BCUT2D eigenvalue weighted by Crippen LogP contribution is -2.13. The summed E-state index contributed by atoms with van der Waals surface area (Å²) in [6.45, 7) is 3.84. The summed E-state index contributed by atoms with van der Waals surface area (Å²) < 4.78 is 7.49. The van der Waals surface area contributed by atoms with Gasteiger partial charge in [0.1, 0.15) is 17.4 Å². The van der Waals surface area contributed by atoms with Gasteiger partial charge in [0, 0.05) is 20.2 Å². The minimum absolute atomic E-state index is 0.00498. The van der Waals surface area contributed by atoms with Crippen LogP contribution in [0.1, 0.15) is 19.4 Å². The molecule has 0 aliphatic rings. The predicted octanol–water partition coefficient (Wildman–Crippen LogP) is 5.54. The first-order valence-electron chi connectivity index (χ1n) is 7.54. The monoisotopic (exact) mass is 462 g/mol. The Morgan fingerprint density at radius 2 is 1.80 bits per heavy atom. The zero-order valence-corrected chi connectivity index (χ0v) is 16.9. The molecule has 2 aromatic carbocycles. The second-order valence-electron chi connectivity index (χ2n) is 5.48. The Hall–Kier alpha value is -2.10. The molecule has 6 heteroatoms. The van der Waals surface area contributed by atoms with Gasteiger partial charge in [0.2, 0.25) is 0 Å². The molecule has 0 radical (unpaired) electrons. The van der Waals surface area contributed by atoms with E-state index in [4.69, 9.17) is 4.74 Å². The van der Waals surface area contributed by atoms with E-state index in [1.165, 1.54) is 6.08 Å². The van der Waals surface area contributed by atoms with Gasteiger partial charge in [-0.15, -0.1) is 0 Å². The Balaban J connectivity index is 2.30. The Morgan fingerprint density at radius 1 is 1.16 bits per heavy atom. The molecule has 2 aromatic rings. The maximum Gasteiger partial charge on any atom is 0.266 e. The average Bonchev–Trinajstić information content (AvgIpc) is 2.56. The molecule has 0 saturated carbocycles. The maximum absolute atomic E-state index is 12.4. The summed E-state index contributed by atoms with van der Waals surface area (Å²) in [5.41, 5.74) is 1.27. The summed E-state index contributed by atoms with van der Waals surface area (Å²) in [5, 5.41) is 12.1. The van der Waals surface area contributed by atoms with Gasteiger partial charge < -0.3 is 10.1 Å². The van der Waals surface area contributed by atoms with Crippen molar-refractivity contribution in [2.45, 2.75) is 20.0 Å². The molecular formula is C19H16Br2N2O2. The van der Waals surface area contributed by atoms with Gasteiger partial charge in [-0.1, -0.05) is 31.9 Å². The molecule has 0 saturated heterocycles. The molecule has 2 rings (SSSR count). The minimum atomic E-state index is -0.472. The average molecular weight is 464 g/mol. The molecule has 25 heavy (non-hydrogen) atoms. The fourth-order valence-corrected chi connectivity index (χ4v) is 2.67. The Bertz CT molecular complexity index is 837. The molecule has 0 heterocycles. The van der Waals surface area contributed by atoms with E-state index in [1.807, 2.05) is 44.2 Å². The number of anilines is 1. The molecule has 0 atom stereocenters. The molecule has 0 bridgehead atoms. The number of ether oxygens (including phenoxy) is 1. The molecule has 0 aliphatic carbocycles. The first-order chi connectivity index (χ1) is 11.9. The molecule has 0 aromatic heterocycles. The van der Waals surface area contributed by atoms with Crippen LogP contribution in [-0.4, -0.2) is 12.0 Å². The third-order valence-electron chi connectivity index (χ3n) is 3.10. The van der Waals surface area contributed by atoms with Gasteiger partial charge in [-0.2, -0.15) is 5.26 Å². The molecule has 0 fully saturated rings. The van der Waals surface area contributed by atoms with Crippen molar-refractivity contribution in [1.82, 2.24) is 0 Å². The third kappa shape index (κ3) is 5.73. The van der Waals surface area contributed by atoms with Crippen molar-refractivity contribution >= 4 is 49.5 Å². The van der Waals surface area contributed by atoms with E-state index in [2.05, 4.69) is 37.2 Å². The number of amides is 1. The molecule has 4 nitrogen and oxygen atoms in total. The number of carbonyl (C=O) groups is 1. The van der Waals surface area contributed by atoms with Crippen LogP contribution in [0.2, 0.25) is 0 Å². The van der Waals surface area contributed by atoms with Crippen molar-refractivity contribution in [1.29, 1.82) is 5.26 Å². The number of hydrogen-bond acceptors (Lipinski definition) is 3. The molecule has 0 spiro atoms. The molecule has 0 unspecified atom stereocenters. The quantitative estimate of drug-likeness (QED) is 0.467. The predicted molar refractivity (Wildman–Crippen MR) is 106 cm³/mol. The highest BCUT2D eigenvalue weighted by atomic mass is 79.9. The van der Waals surface area contributed by atoms with E-state index < -0.39 is 5.91 Å². The van der Waals surface area contributed by atoms with Crippen LogP contribution in [0.5, 0.6) is 5.75 Å². The van der Waals surface area contributed by atoms with E-state index in [9.17, 15) is 10.1 Å². The highest BCUT2D eigenvalue weighted by molar-refractivity contribution is 9.10. The van der Waals surface area contributed by atoms with Crippen LogP contribution in [0, 0.1) is 11.3 Å². The first-order valence-corrected chi connectivity index (χ1v) is 9.12. The molecule has 1 amide bonds. The number of nitriles is 1. The number of hydrogen-bond donors (Lipinski definition) is 1. The van der Waals surface area contributed by atoms with Crippen LogP contribution in [0.25, 0.3) is 6.08 Å². The number of nitrogens with one attached hydrogen (secondary N) is 1. The third-order valence-corrected chi connectivity index (χ3v) is 4.12. The second-order valence-corrected chi connectivity index (χ2v) is 7.31. The zero-order valence-electron chi connectivity index (χ0n) is 13.7. The highest BCUT2D eigenvalue weighted by Crippen LogP contribution is 2.27. The Kier molecular flexibility index (Phi) is 6.80. The lowest BCUT2D eigenvalue weighted by Gasteiger charge is -2.13. The van der Waals surface area contributed by atoms with Gasteiger partial charge in [0.05, 0.1) is 6.10 Å².